The minimum atomic E-state index is -2.98. The molecule has 1 unspecified atom stereocenters. The molecule has 4 heterocycles. The number of nitrogens with zero attached hydrogens (tertiary/aromatic N) is 6. The third-order valence-corrected chi connectivity index (χ3v) is 5.31. The van der Waals surface area contributed by atoms with Crippen molar-refractivity contribution >= 4 is 28.6 Å². The smallest absolute Gasteiger partial charge is 0.290 e. The van der Waals surface area contributed by atoms with Crippen molar-refractivity contribution in [1.29, 1.82) is 0 Å². The van der Waals surface area contributed by atoms with Crippen molar-refractivity contribution < 1.29 is 18.6 Å². The maximum atomic E-state index is 14.3. The molecular formula is C20H25F2N7O2. The van der Waals surface area contributed by atoms with E-state index in [0.29, 0.717) is 29.5 Å². The van der Waals surface area contributed by atoms with E-state index in [9.17, 15) is 13.9 Å². The topological polar surface area (TPSA) is 101 Å². The second-order valence-corrected chi connectivity index (χ2v) is 7.77. The molecule has 1 saturated heterocycles. The van der Waals surface area contributed by atoms with E-state index >= 15 is 0 Å². The third kappa shape index (κ3) is 4.15. The summed E-state index contributed by atoms with van der Waals surface area (Å²) in [5, 5.41) is 12.7. The summed E-state index contributed by atoms with van der Waals surface area (Å²) >= 11 is 0. The zero-order valence-electron chi connectivity index (χ0n) is 17.6. The lowest BCUT2D eigenvalue weighted by Crippen LogP contribution is -2.52. The number of anilines is 3. The lowest BCUT2D eigenvalue weighted by molar-refractivity contribution is -0.129. The maximum Gasteiger partial charge on any atom is 0.290 e. The Morgan fingerprint density at radius 3 is 2.77 bits per heavy atom. The number of alkyl halides is 2. The molecule has 1 aliphatic heterocycles. The van der Waals surface area contributed by atoms with Crippen LogP contribution in [0.1, 0.15) is 32.1 Å². The van der Waals surface area contributed by atoms with Gasteiger partial charge in [0.2, 0.25) is 5.95 Å². The van der Waals surface area contributed by atoms with Crippen LogP contribution in [0, 0.1) is 0 Å². The highest BCUT2D eigenvalue weighted by molar-refractivity contribution is 5.79. The van der Waals surface area contributed by atoms with E-state index in [1.165, 1.54) is 18.2 Å². The summed E-state index contributed by atoms with van der Waals surface area (Å²) in [6, 6.07) is 3.57. The van der Waals surface area contributed by atoms with Gasteiger partial charge in [-0.15, -0.1) is 0 Å². The van der Waals surface area contributed by atoms with Gasteiger partial charge in [0, 0.05) is 32.0 Å². The van der Waals surface area contributed by atoms with E-state index in [2.05, 4.69) is 25.3 Å². The number of ether oxygens (including phenoxy) is 1. The predicted molar refractivity (Wildman–Crippen MR) is 112 cm³/mol. The SMILES string of the molecule is COC1CCN(c2nccc(Nc3cc4c(cn3)nc(CO)n4C(C)C)n2)CC1(F)F. The number of hydrogen-bond donors (Lipinski definition) is 2. The second kappa shape index (κ2) is 8.31. The van der Waals surface area contributed by atoms with Crippen molar-refractivity contribution in [3.8, 4) is 0 Å². The Morgan fingerprint density at radius 1 is 1.29 bits per heavy atom. The van der Waals surface area contributed by atoms with Crippen LogP contribution < -0.4 is 10.2 Å². The number of aromatic nitrogens is 5. The number of piperidine rings is 1. The van der Waals surface area contributed by atoms with E-state index < -0.39 is 18.6 Å². The van der Waals surface area contributed by atoms with Crippen LogP contribution in [0.2, 0.25) is 0 Å². The van der Waals surface area contributed by atoms with Gasteiger partial charge < -0.3 is 24.6 Å². The van der Waals surface area contributed by atoms with Gasteiger partial charge in [-0.3, -0.25) is 0 Å². The fourth-order valence-corrected chi connectivity index (χ4v) is 3.89. The molecule has 166 valence electrons. The number of fused-ring (bicyclic) bond motifs is 1. The lowest BCUT2D eigenvalue weighted by atomic mass is 10.0. The molecule has 1 fully saturated rings. The molecule has 0 aliphatic carbocycles. The average Bonchev–Trinajstić information content (AvgIpc) is 3.11. The van der Waals surface area contributed by atoms with Gasteiger partial charge in [0.05, 0.1) is 18.3 Å². The van der Waals surface area contributed by atoms with Crippen molar-refractivity contribution in [2.45, 2.75) is 44.9 Å². The van der Waals surface area contributed by atoms with E-state index in [0.717, 1.165) is 5.52 Å². The van der Waals surface area contributed by atoms with Crippen molar-refractivity contribution in [2.75, 3.05) is 30.4 Å². The zero-order valence-corrected chi connectivity index (χ0v) is 17.6. The van der Waals surface area contributed by atoms with Crippen molar-refractivity contribution in [3.63, 3.8) is 0 Å². The van der Waals surface area contributed by atoms with Gasteiger partial charge >= 0.3 is 0 Å². The highest BCUT2D eigenvalue weighted by Crippen LogP contribution is 2.31. The number of methoxy groups -OCH3 is 1. The molecule has 0 amide bonds. The molecule has 11 heteroatoms. The number of hydrogen-bond acceptors (Lipinski definition) is 8. The zero-order chi connectivity index (χ0) is 22.2. The normalized spacial score (nSPS) is 18.7. The molecule has 31 heavy (non-hydrogen) atoms. The van der Waals surface area contributed by atoms with Crippen molar-refractivity contribution in [3.05, 3.63) is 30.4 Å². The van der Waals surface area contributed by atoms with E-state index in [4.69, 9.17) is 4.74 Å². The van der Waals surface area contributed by atoms with E-state index in [1.807, 2.05) is 24.5 Å². The second-order valence-electron chi connectivity index (χ2n) is 7.77. The van der Waals surface area contributed by atoms with Gasteiger partial charge in [-0.2, -0.15) is 4.98 Å². The molecular weight excluding hydrogens is 408 g/mol. The number of imidazole rings is 1. The summed E-state index contributed by atoms with van der Waals surface area (Å²) in [6.07, 6.45) is 2.23. The summed E-state index contributed by atoms with van der Waals surface area (Å²) < 4.78 is 35.4. The van der Waals surface area contributed by atoms with Gasteiger partial charge in [-0.05, 0) is 26.3 Å². The largest absolute Gasteiger partial charge is 0.388 e. The van der Waals surface area contributed by atoms with Crippen molar-refractivity contribution in [2.24, 2.45) is 0 Å². The molecule has 9 nitrogen and oxygen atoms in total. The van der Waals surface area contributed by atoms with Gasteiger partial charge in [-0.25, -0.2) is 23.7 Å². The maximum absolute atomic E-state index is 14.3. The molecule has 4 rings (SSSR count). The van der Waals surface area contributed by atoms with Crippen LogP contribution >= 0.6 is 0 Å². The van der Waals surface area contributed by atoms with Crippen LogP contribution in [-0.4, -0.2) is 61.8 Å². The van der Waals surface area contributed by atoms with Gasteiger partial charge in [-0.1, -0.05) is 0 Å². The number of nitrogens with one attached hydrogen (secondary N) is 1. The van der Waals surface area contributed by atoms with E-state index in [1.54, 1.807) is 12.3 Å². The fraction of sp³-hybridized carbons (Fsp3) is 0.500. The third-order valence-electron chi connectivity index (χ3n) is 5.31. The van der Waals surface area contributed by atoms with Gasteiger partial charge in [0.1, 0.15) is 35.7 Å². The summed E-state index contributed by atoms with van der Waals surface area (Å²) in [7, 11) is 1.30. The molecule has 0 spiro atoms. The van der Waals surface area contributed by atoms with Crippen LogP contribution in [0.15, 0.2) is 24.5 Å². The summed E-state index contributed by atoms with van der Waals surface area (Å²) in [6.45, 7) is 3.71. The van der Waals surface area contributed by atoms with Crippen LogP contribution in [0.25, 0.3) is 11.0 Å². The monoisotopic (exact) mass is 433 g/mol. The molecule has 3 aromatic heterocycles. The molecule has 0 aromatic carbocycles. The van der Waals surface area contributed by atoms with E-state index in [-0.39, 0.29) is 25.0 Å². The first-order chi connectivity index (χ1) is 14.8. The molecule has 3 aromatic rings. The van der Waals surface area contributed by atoms with Crippen LogP contribution in [-0.2, 0) is 11.3 Å². The van der Waals surface area contributed by atoms with Gasteiger partial charge in [0.15, 0.2) is 0 Å². The number of rotatable bonds is 6. The summed E-state index contributed by atoms with van der Waals surface area (Å²) in [5.74, 6) is -1.24. The Hall–Kier alpha value is -2.92. The molecule has 1 atom stereocenters. The Morgan fingerprint density at radius 2 is 2.10 bits per heavy atom. The quantitative estimate of drug-likeness (QED) is 0.612. The number of aliphatic hydroxyl groups is 1. The first-order valence-corrected chi connectivity index (χ1v) is 10.1. The minimum Gasteiger partial charge on any atom is -0.388 e. The number of halogens is 2. The first kappa shape index (κ1) is 21.3. The Bertz CT molecular complexity index is 1070. The molecule has 1 aliphatic rings. The molecule has 0 radical (unpaired) electrons. The van der Waals surface area contributed by atoms with Gasteiger partial charge in [0.25, 0.3) is 5.92 Å². The Balaban J connectivity index is 1.58. The highest BCUT2D eigenvalue weighted by atomic mass is 19.3. The van der Waals surface area contributed by atoms with Crippen LogP contribution in [0.3, 0.4) is 0 Å². The number of aliphatic hydroxyl groups excluding tert-OH is 1. The summed E-state index contributed by atoms with van der Waals surface area (Å²) in [5.41, 5.74) is 1.50. The lowest BCUT2D eigenvalue weighted by Gasteiger charge is -2.37. The van der Waals surface area contributed by atoms with Crippen molar-refractivity contribution in [1.82, 2.24) is 24.5 Å². The molecule has 2 N–H and O–H groups in total. The van der Waals surface area contributed by atoms with Crippen LogP contribution in [0.4, 0.5) is 26.4 Å². The molecule has 0 bridgehead atoms. The minimum absolute atomic E-state index is 0.102. The summed E-state index contributed by atoms with van der Waals surface area (Å²) in [4.78, 5) is 18.8. The Labute approximate surface area is 178 Å². The Kier molecular flexibility index (Phi) is 5.71. The fourth-order valence-electron chi connectivity index (χ4n) is 3.89. The first-order valence-electron chi connectivity index (χ1n) is 10.1. The molecule has 0 saturated carbocycles. The predicted octanol–water partition coefficient (Wildman–Crippen LogP) is 2.90. The highest BCUT2D eigenvalue weighted by Gasteiger charge is 2.45. The standard InChI is InChI=1S/C20H25F2N7O2/c1-12(2)29-14-8-17(24-9-13(14)25-18(29)10-30)26-16-4-6-23-19(27-16)28-7-5-15(31-3)20(21,22)11-28/h4,6,8-9,12,15,30H,5,7,10-11H2,1-3H3,(H,23,24,26,27). The van der Waals surface area contributed by atoms with Crippen LogP contribution in [0.5, 0.6) is 0 Å². The number of pyridine rings is 1. The average molecular weight is 433 g/mol.